The summed E-state index contributed by atoms with van der Waals surface area (Å²) in [4.78, 5) is 29.8. The van der Waals surface area contributed by atoms with E-state index >= 15 is 0 Å². The van der Waals surface area contributed by atoms with E-state index in [2.05, 4.69) is 24.5 Å². The fraction of sp³-hybridized carbons (Fsp3) is 0.680. The summed E-state index contributed by atoms with van der Waals surface area (Å²) in [5.74, 6) is 1.99. The highest BCUT2D eigenvalue weighted by Gasteiger charge is 2.51. The third-order valence-electron chi connectivity index (χ3n) is 6.71. The van der Waals surface area contributed by atoms with Crippen molar-refractivity contribution in [3.05, 3.63) is 23.8 Å². The Labute approximate surface area is 198 Å². The van der Waals surface area contributed by atoms with Crippen LogP contribution >= 0.6 is 0 Å². The average molecular weight is 461 g/mol. The summed E-state index contributed by atoms with van der Waals surface area (Å²) in [7, 11) is 3.26. The molecule has 2 aliphatic heterocycles. The molecule has 184 valence electrons. The highest BCUT2D eigenvalue weighted by molar-refractivity contribution is 5.85. The number of hydrogen-bond acceptors (Lipinski definition) is 5. The van der Waals surface area contributed by atoms with Crippen LogP contribution in [-0.2, 0) is 11.2 Å². The molecule has 2 saturated heterocycles. The number of piperidine rings is 1. The van der Waals surface area contributed by atoms with Crippen molar-refractivity contribution in [1.82, 2.24) is 20.4 Å². The topological polar surface area (TPSA) is 83.1 Å². The van der Waals surface area contributed by atoms with Crippen molar-refractivity contribution in [2.75, 3.05) is 40.4 Å². The van der Waals surface area contributed by atoms with Gasteiger partial charge >= 0.3 is 6.03 Å². The normalized spacial score (nSPS) is 19.9. The van der Waals surface area contributed by atoms with E-state index in [-0.39, 0.29) is 18.0 Å². The summed E-state index contributed by atoms with van der Waals surface area (Å²) in [6.07, 6.45) is 3.93. The van der Waals surface area contributed by atoms with Crippen LogP contribution in [0.15, 0.2) is 18.2 Å². The number of likely N-dealkylation sites (tertiary alicyclic amines) is 1. The van der Waals surface area contributed by atoms with Gasteiger partial charge in [0.25, 0.3) is 0 Å². The van der Waals surface area contributed by atoms with Gasteiger partial charge in [0.05, 0.1) is 25.9 Å². The lowest BCUT2D eigenvalue weighted by atomic mass is 9.95. The first kappa shape index (κ1) is 25.1. The van der Waals surface area contributed by atoms with Crippen molar-refractivity contribution in [1.29, 1.82) is 0 Å². The number of carbonyl (C=O) groups excluding carboxylic acids is 2. The Morgan fingerprint density at radius 2 is 1.91 bits per heavy atom. The number of rotatable bonds is 9. The molecular weight excluding hydrogens is 420 g/mol. The van der Waals surface area contributed by atoms with E-state index in [9.17, 15) is 9.59 Å². The Bertz CT molecular complexity index is 821. The number of ether oxygens (including phenoxy) is 2. The molecule has 1 spiro atoms. The molecule has 8 nitrogen and oxygen atoms in total. The predicted octanol–water partition coefficient (Wildman–Crippen LogP) is 3.00. The highest BCUT2D eigenvalue weighted by atomic mass is 16.5. The first-order valence-corrected chi connectivity index (χ1v) is 12.2. The van der Waals surface area contributed by atoms with Crippen LogP contribution < -0.4 is 20.1 Å². The molecule has 2 aliphatic rings. The Morgan fingerprint density at radius 1 is 1.21 bits per heavy atom. The number of hydrogen-bond donors (Lipinski definition) is 2. The van der Waals surface area contributed by atoms with Gasteiger partial charge in [-0.05, 0) is 42.9 Å². The van der Waals surface area contributed by atoms with E-state index in [0.717, 1.165) is 37.7 Å². The van der Waals surface area contributed by atoms with E-state index in [1.807, 2.05) is 34.9 Å². The summed E-state index contributed by atoms with van der Waals surface area (Å²) in [5.41, 5.74) is 0.702. The molecule has 3 amide bonds. The van der Waals surface area contributed by atoms with Gasteiger partial charge in [0.1, 0.15) is 0 Å². The zero-order valence-corrected chi connectivity index (χ0v) is 20.8. The summed E-state index contributed by atoms with van der Waals surface area (Å²) >= 11 is 0. The van der Waals surface area contributed by atoms with Gasteiger partial charge in [-0.15, -0.1) is 0 Å². The molecule has 2 heterocycles. The smallest absolute Gasteiger partial charge is 0.317 e. The second kappa shape index (κ2) is 11.1. The third-order valence-corrected chi connectivity index (χ3v) is 6.71. The second-order valence-electron chi connectivity index (χ2n) is 9.51. The van der Waals surface area contributed by atoms with Gasteiger partial charge in [-0.1, -0.05) is 26.8 Å². The fourth-order valence-corrected chi connectivity index (χ4v) is 4.93. The quantitative estimate of drug-likeness (QED) is 0.592. The van der Waals surface area contributed by atoms with Gasteiger partial charge in [0, 0.05) is 39.0 Å². The lowest BCUT2D eigenvalue weighted by Gasteiger charge is -2.44. The van der Waals surface area contributed by atoms with Crippen molar-refractivity contribution < 1.29 is 19.1 Å². The molecule has 0 aromatic heterocycles. The number of nitrogens with zero attached hydrogens (tertiary/aromatic N) is 2. The van der Waals surface area contributed by atoms with E-state index in [1.54, 1.807) is 14.2 Å². The molecule has 0 aliphatic carbocycles. The zero-order chi connectivity index (χ0) is 24.0. The maximum Gasteiger partial charge on any atom is 0.317 e. The van der Waals surface area contributed by atoms with Crippen molar-refractivity contribution in [3.8, 4) is 11.5 Å². The number of nitrogens with one attached hydrogen (secondary N) is 2. The Morgan fingerprint density at radius 3 is 2.52 bits per heavy atom. The predicted molar refractivity (Wildman–Crippen MR) is 129 cm³/mol. The number of carbonyl (C=O) groups is 2. The minimum Gasteiger partial charge on any atom is -0.493 e. The van der Waals surface area contributed by atoms with Crippen molar-refractivity contribution >= 4 is 11.9 Å². The van der Waals surface area contributed by atoms with E-state index < -0.39 is 5.66 Å². The molecule has 1 atom stereocenters. The lowest BCUT2D eigenvalue weighted by molar-refractivity contribution is -0.133. The van der Waals surface area contributed by atoms with Crippen LogP contribution in [0.25, 0.3) is 0 Å². The molecule has 1 aromatic rings. The van der Waals surface area contributed by atoms with Crippen LogP contribution in [0.1, 0.15) is 52.0 Å². The molecule has 8 heteroatoms. The Hall–Kier alpha value is -2.48. The maximum atomic E-state index is 13.4. The number of amides is 3. The summed E-state index contributed by atoms with van der Waals surface area (Å²) in [6.45, 7) is 8.92. The molecule has 1 aromatic carbocycles. The summed E-state index contributed by atoms with van der Waals surface area (Å²) in [6, 6.07) is 5.73. The van der Waals surface area contributed by atoms with Crippen molar-refractivity contribution in [3.63, 3.8) is 0 Å². The van der Waals surface area contributed by atoms with E-state index in [1.165, 1.54) is 0 Å². The molecule has 33 heavy (non-hydrogen) atoms. The average Bonchev–Trinajstić information content (AvgIpc) is 3.05. The minimum atomic E-state index is -0.394. The summed E-state index contributed by atoms with van der Waals surface area (Å²) in [5, 5.41) is 6.66. The largest absolute Gasteiger partial charge is 0.493 e. The van der Waals surface area contributed by atoms with Gasteiger partial charge in [-0.3, -0.25) is 10.1 Å². The molecule has 0 bridgehead atoms. The van der Waals surface area contributed by atoms with Gasteiger partial charge < -0.3 is 24.6 Å². The third kappa shape index (κ3) is 5.72. The first-order chi connectivity index (χ1) is 15.8. The fourth-order valence-electron chi connectivity index (χ4n) is 4.93. The van der Waals surface area contributed by atoms with Crippen LogP contribution in [-0.4, -0.2) is 73.8 Å². The van der Waals surface area contributed by atoms with Crippen LogP contribution in [0.5, 0.6) is 11.5 Å². The SMILES string of the molecule is CCCNC(=O)N1CCC2(CC1)N[C@H](CC(C)C)C(=O)N2CCc1ccc(OC)c(OC)c1. The van der Waals surface area contributed by atoms with Crippen molar-refractivity contribution in [2.24, 2.45) is 5.92 Å². The van der Waals surface area contributed by atoms with Crippen LogP contribution in [0.2, 0.25) is 0 Å². The Balaban J connectivity index is 1.73. The molecule has 2 N–H and O–H groups in total. The standard InChI is InChI=1S/C25H40N4O4/c1-6-12-26-24(31)28-14-10-25(11-15-28)27-20(16-18(2)3)23(30)29(25)13-9-19-7-8-21(32-4)22(17-19)33-5/h7-8,17-18,20,27H,6,9-16H2,1-5H3,(H,26,31)/t20-/m1/s1. The number of methoxy groups -OCH3 is 2. The van der Waals surface area contributed by atoms with E-state index in [0.29, 0.717) is 43.6 Å². The van der Waals surface area contributed by atoms with Crippen LogP contribution in [0.4, 0.5) is 4.79 Å². The lowest BCUT2D eigenvalue weighted by Crippen LogP contribution is -2.60. The maximum absolute atomic E-state index is 13.4. The number of urea groups is 1. The molecular formula is C25H40N4O4. The molecule has 2 fully saturated rings. The molecule has 0 unspecified atom stereocenters. The second-order valence-corrected chi connectivity index (χ2v) is 9.51. The molecule has 3 rings (SSSR count). The molecule has 0 saturated carbocycles. The van der Waals surface area contributed by atoms with E-state index in [4.69, 9.17) is 9.47 Å². The van der Waals surface area contributed by atoms with Gasteiger partial charge in [0.15, 0.2) is 11.5 Å². The molecule has 0 radical (unpaired) electrons. The monoisotopic (exact) mass is 460 g/mol. The minimum absolute atomic E-state index is 0.00775. The van der Waals surface area contributed by atoms with Gasteiger partial charge in [0.2, 0.25) is 5.91 Å². The van der Waals surface area contributed by atoms with Crippen LogP contribution in [0.3, 0.4) is 0 Å². The van der Waals surface area contributed by atoms with Gasteiger partial charge in [-0.2, -0.15) is 0 Å². The van der Waals surface area contributed by atoms with Crippen molar-refractivity contribution in [2.45, 2.75) is 64.6 Å². The summed E-state index contributed by atoms with van der Waals surface area (Å²) < 4.78 is 10.8. The Kier molecular flexibility index (Phi) is 8.46. The first-order valence-electron chi connectivity index (χ1n) is 12.2. The highest BCUT2D eigenvalue weighted by Crippen LogP contribution is 2.35. The number of benzene rings is 1. The van der Waals surface area contributed by atoms with Crippen LogP contribution in [0, 0.1) is 5.92 Å². The van der Waals surface area contributed by atoms with Gasteiger partial charge in [-0.25, -0.2) is 4.79 Å². The zero-order valence-electron chi connectivity index (χ0n) is 20.8.